The van der Waals surface area contributed by atoms with Crippen LogP contribution in [0.1, 0.15) is 51.2 Å². The summed E-state index contributed by atoms with van der Waals surface area (Å²) in [5, 5.41) is 24.3. The molecular formula is C26H40N7O5+. The summed E-state index contributed by atoms with van der Waals surface area (Å²) in [7, 11) is 4.02. The molecule has 12 nitrogen and oxygen atoms in total. The van der Waals surface area contributed by atoms with E-state index in [1.54, 1.807) is 4.57 Å². The molecule has 5 N–H and O–H groups in total. The average Bonchev–Trinajstić information content (AvgIpc) is 3.40. The first-order chi connectivity index (χ1) is 18.2. The van der Waals surface area contributed by atoms with Gasteiger partial charge in [-0.2, -0.15) is 0 Å². The molecule has 0 bridgehead atoms. The number of nitrogen functional groups attached to an aromatic ring is 1. The van der Waals surface area contributed by atoms with E-state index in [2.05, 4.69) is 32.1 Å². The van der Waals surface area contributed by atoms with Gasteiger partial charge in [-0.3, -0.25) is 9.36 Å². The number of hydrogen-bond donors (Lipinski definition) is 4. The highest BCUT2D eigenvalue weighted by atomic mass is 16.6. The van der Waals surface area contributed by atoms with Gasteiger partial charge in [-0.05, 0) is 19.3 Å². The Morgan fingerprint density at radius 3 is 2.95 bits per heavy atom. The maximum atomic E-state index is 12.3. The fraction of sp³-hybridized carbons (Fsp3) is 0.692. The number of aromatic nitrogens is 4. The van der Waals surface area contributed by atoms with Crippen LogP contribution < -0.4 is 11.1 Å². The molecule has 1 fully saturated rings. The van der Waals surface area contributed by atoms with E-state index < -0.39 is 24.5 Å². The van der Waals surface area contributed by atoms with E-state index in [1.165, 1.54) is 19.1 Å². The van der Waals surface area contributed by atoms with Gasteiger partial charge in [0.05, 0.1) is 33.6 Å². The van der Waals surface area contributed by atoms with Crippen molar-refractivity contribution in [3.63, 3.8) is 0 Å². The van der Waals surface area contributed by atoms with Gasteiger partial charge in [-0.25, -0.2) is 15.0 Å². The van der Waals surface area contributed by atoms with Gasteiger partial charge in [-0.1, -0.05) is 12.3 Å². The number of aliphatic hydroxyl groups is 2. The van der Waals surface area contributed by atoms with Crippen LogP contribution in [0.4, 0.5) is 5.82 Å². The van der Waals surface area contributed by atoms with E-state index in [0.717, 1.165) is 25.7 Å². The van der Waals surface area contributed by atoms with Crippen LogP contribution in [0.5, 0.6) is 0 Å². The van der Waals surface area contributed by atoms with Crippen molar-refractivity contribution in [2.24, 2.45) is 0 Å². The molecule has 0 saturated carbocycles. The predicted molar refractivity (Wildman–Crippen MR) is 140 cm³/mol. The number of imidazole rings is 1. The summed E-state index contributed by atoms with van der Waals surface area (Å²) in [6.07, 6.45) is 5.51. The Hall–Kier alpha value is -2.82. The Balaban J connectivity index is 1.19. The standard InChI is InChI=1S/C26H39N7O5/c1-33(2,13-8-11-20(34)28-12-14-37-18-9-6-4-3-5-7-10-18)15-19-22(35)23(36)26(38-19)32-17-31-21-24(27)29-16-30-25(21)32/h16-19,22-23,26,35-36H,3-6,8-9,11-15H2,1-2H3,(H2-,27,28,29,30,34)/p+1/t18?,19-,22-,23-,26-/m1/s1. The van der Waals surface area contributed by atoms with Crippen molar-refractivity contribution < 1.29 is 29.0 Å². The molecule has 38 heavy (non-hydrogen) atoms. The molecule has 1 unspecified atom stereocenters. The van der Waals surface area contributed by atoms with Crippen LogP contribution in [0.25, 0.3) is 11.2 Å². The second-order valence-corrected chi connectivity index (χ2v) is 10.7. The molecule has 1 amide bonds. The lowest BCUT2D eigenvalue weighted by Gasteiger charge is -2.33. The van der Waals surface area contributed by atoms with Crippen LogP contribution in [0.3, 0.4) is 0 Å². The summed E-state index contributed by atoms with van der Waals surface area (Å²) in [6, 6.07) is 0. The number of hydrogen-bond acceptors (Lipinski definition) is 9. The quantitative estimate of drug-likeness (QED) is 0.183. The lowest BCUT2D eigenvalue weighted by Crippen LogP contribution is -2.49. The van der Waals surface area contributed by atoms with Gasteiger partial charge >= 0.3 is 0 Å². The minimum Gasteiger partial charge on any atom is -0.387 e. The number of carbonyl (C=O) groups is 1. The molecule has 0 spiro atoms. The normalized spacial score (nSPS) is 25.9. The second-order valence-electron chi connectivity index (χ2n) is 10.7. The maximum absolute atomic E-state index is 12.3. The molecule has 208 valence electrons. The molecule has 0 radical (unpaired) electrons. The van der Waals surface area contributed by atoms with Gasteiger partial charge in [0, 0.05) is 25.8 Å². The third-order valence-electron chi connectivity index (χ3n) is 7.11. The molecule has 5 atom stereocenters. The number of fused-ring (bicyclic) bond motifs is 1. The number of nitrogens with one attached hydrogen (secondary N) is 1. The third kappa shape index (κ3) is 7.18. The number of rotatable bonds is 11. The van der Waals surface area contributed by atoms with E-state index in [-0.39, 0.29) is 17.8 Å². The highest BCUT2D eigenvalue weighted by Gasteiger charge is 2.46. The number of quaternary nitrogens is 1. The van der Waals surface area contributed by atoms with E-state index in [9.17, 15) is 15.0 Å². The first-order valence-corrected chi connectivity index (χ1v) is 13.4. The Bertz CT molecular complexity index is 1140. The van der Waals surface area contributed by atoms with Crippen LogP contribution in [0, 0.1) is 11.8 Å². The third-order valence-corrected chi connectivity index (χ3v) is 7.11. The SMILES string of the molecule is C[N+](C)(CCCC(=O)NCCOC1C#CCCCCC1)C[C@H]1O[C@@H](n2cnc3c(N)ncnc32)[C@H](O)[C@@H]1O. The number of nitrogens with two attached hydrogens (primary N) is 1. The van der Waals surface area contributed by atoms with Crippen LogP contribution in [-0.2, 0) is 14.3 Å². The van der Waals surface area contributed by atoms with E-state index in [0.29, 0.717) is 54.7 Å². The van der Waals surface area contributed by atoms with Gasteiger partial charge in [0.25, 0.3) is 0 Å². The first-order valence-electron chi connectivity index (χ1n) is 13.4. The van der Waals surface area contributed by atoms with E-state index >= 15 is 0 Å². The topological polar surface area (TPSA) is 158 Å². The zero-order valence-corrected chi connectivity index (χ0v) is 22.3. The highest BCUT2D eigenvalue weighted by Crippen LogP contribution is 2.32. The zero-order valence-electron chi connectivity index (χ0n) is 22.3. The Labute approximate surface area is 223 Å². The fourth-order valence-electron chi connectivity index (χ4n) is 5.00. The molecule has 1 aliphatic heterocycles. The molecule has 1 aliphatic carbocycles. The predicted octanol–water partition coefficient (Wildman–Crippen LogP) is 0.353. The number of amides is 1. The van der Waals surface area contributed by atoms with Crippen LogP contribution in [0.15, 0.2) is 12.7 Å². The Morgan fingerprint density at radius 2 is 2.11 bits per heavy atom. The molecule has 12 heteroatoms. The van der Waals surface area contributed by atoms with Crippen molar-refractivity contribution in [3.05, 3.63) is 12.7 Å². The minimum absolute atomic E-state index is 0.0155. The second kappa shape index (κ2) is 12.8. The molecule has 2 aromatic rings. The van der Waals surface area contributed by atoms with Crippen LogP contribution in [0.2, 0.25) is 0 Å². The molecular weight excluding hydrogens is 490 g/mol. The van der Waals surface area contributed by atoms with Crippen molar-refractivity contribution >= 4 is 22.9 Å². The molecule has 4 rings (SSSR count). The van der Waals surface area contributed by atoms with Gasteiger partial charge in [0.15, 0.2) is 17.7 Å². The van der Waals surface area contributed by atoms with Crippen molar-refractivity contribution in [1.82, 2.24) is 24.8 Å². The van der Waals surface area contributed by atoms with Gasteiger partial charge in [-0.15, -0.1) is 5.92 Å². The molecule has 2 aromatic heterocycles. The molecule has 1 saturated heterocycles. The van der Waals surface area contributed by atoms with Crippen molar-refractivity contribution in [2.45, 2.75) is 75.6 Å². The summed E-state index contributed by atoms with van der Waals surface area (Å²) < 4.78 is 14.0. The van der Waals surface area contributed by atoms with Crippen molar-refractivity contribution in [3.8, 4) is 11.8 Å². The Morgan fingerprint density at radius 1 is 1.26 bits per heavy atom. The van der Waals surface area contributed by atoms with E-state index in [4.69, 9.17) is 15.2 Å². The maximum Gasteiger partial charge on any atom is 0.220 e. The summed E-state index contributed by atoms with van der Waals surface area (Å²) in [4.78, 5) is 24.6. The lowest BCUT2D eigenvalue weighted by molar-refractivity contribution is -0.893. The number of likely N-dealkylation sites (N-methyl/N-ethyl adjacent to an activating group) is 1. The number of nitrogens with zero attached hydrogens (tertiary/aromatic N) is 5. The summed E-state index contributed by atoms with van der Waals surface area (Å²) >= 11 is 0. The highest BCUT2D eigenvalue weighted by molar-refractivity contribution is 5.81. The summed E-state index contributed by atoms with van der Waals surface area (Å²) in [5.41, 5.74) is 6.70. The molecule has 3 heterocycles. The van der Waals surface area contributed by atoms with Crippen LogP contribution >= 0.6 is 0 Å². The average molecular weight is 531 g/mol. The number of carbonyl (C=O) groups excluding carboxylic acids is 1. The molecule has 0 aromatic carbocycles. The van der Waals surface area contributed by atoms with Gasteiger partial charge in [0.2, 0.25) is 5.91 Å². The number of aliphatic hydroxyl groups excluding tert-OH is 2. The van der Waals surface area contributed by atoms with Gasteiger partial charge < -0.3 is 35.2 Å². The van der Waals surface area contributed by atoms with Crippen molar-refractivity contribution in [2.75, 3.05) is 46.1 Å². The first kappa shape index (κ1) is 28.2. The molecule has 2 aliphatic rings. The number of ether oxygens (including phenoxy) is 2. The largest absolute Gasteiger partial charge is 0.387 e. The monoisotopic (exact) mass is 530 g/mol. The minimum atomic E-state index is -1.16. The lowest BCUT2D eigenvalue weighted by atomic mass is 10.1. The van der Waals surface area contributed by atoms with Crippen molar-refractivity contribution in [1.29, 1.82) is 0 Å². The fourth-order valence-corrected chi connectivity index (χ4v) is 5.00. The summed E-state index contributed by atoms with van der Waals surface area (Å²) in [6.45, 7) is 2.08. The smallest absolute Gasteiger partial charge is 0.220 e. The summed E-state index contributed by atoms with van der Waals surface area (Å²) in [5.74, 6) is 6.55. The van der Waals surface area contributed by atoms with Crippen LogP contribution in [-0.4, -0.2) is 105 Å². The van der Waals surface area contributed by atoms with E-state index in [1.807, 2.05) is 14.1 Å². The Kier molecular flexibility index (Phi) is 9.51. The zero-order chi connectivity index (χ0) is 27.1. The number of anilines is 1. The van der Waals surface area contributed by atoms with Gasteiger partial charge in [0.1, 0.15) is 42.8 Å².